The van der Waals surface area contributed by atoms with Crippen molar-refractivity contribution in [1.29, 1.82) is 5.41 Å². The molecule has 4 aliphatic rings. The summed E-state index contributed by atoms with van der Waals surface area (Å²) in [4.78, 5) is 12.8. The normalized spacial score (nSPS) is 35.6. The molecule has 2 N–H and O–H groups in total. The van der Waals surface area contributed by atoms with Crippen molar-refractivity contribution < 1.29 is 4.79 Å². The van der Waals surface area contributed by atoms with Gasteiger partial charge in [0.25, 0.3) is 0 Å². The Hall–Kier alpha value is -0.810. The van der Waals surface area contributed by atoms with Gasteiger partial charge in [0.05, 0.1) is 0 Å². The standard InChI is InChI=1S/C17H25N3OS.ClH/c1-11(19-15(21)10-20-2-3-22-16(20)18)17-7-12-4-13(8-17)6-14(5-12)9-17;/h2-3,11-14,18H,4-10H2,1H3,(H,19,21);1H. The summed E-state index contributed by atoms with van der Waals surface area (Å²) in [7, 11) is 0. The monoisotopic (exact) mass is 355 g/mol. The van der Waals surface area contributed by atoms with Crippen molar-refractivity contribution in [3.8, 4) is 0 Å². The molecule has 0 aromatic carbocycles. The number of nitrogens with zero attached hydrogens (tertiary/aromatic N) is 1. The molecule has 1 unspecified atom stereocenters. The number of thiazole rings is 1. The minimum atomic E-state index is 0. The van der Waals surface area contributed by atoms with E-state index in [4.69, 9.17) is 5.41 Å². The highest BCUT2D eigenvalue weighted by Gasteiger charge is 2.53. The van der Waals surface area contributed by atoms with Crippen LogP contribution < -0.4 is 10.1 Å². The Morgan fingerprint density at radius 1 is 1.35 bits per heavy atom. The Morgan fingerprint density at radius 3 is 2.39 bits per heavy atom. The summed E-state index contributed by atoms with van der Waals surface area (Å²) < 4.78 is 1.71. The van der Waals surface area contributed by atoms with Crippen molar-refractivity contribution >= 4 is 29.7 Å². The molecule has 0 saturated heterocycles. The van der Waals surface area contributed by atoms with E-state index < -0.39 is 0 Å². The van der Waals surface area contributed by atoms with Gasteiger partial charge in [0.15, 0.2) is 4.80 Å². The maximum atomic E-state index is 12.4. The Labute approximate surface area is 147 Å². The van der Waals surface area contributed by atoms with Gasteiger partial charge in [-0.15, -0.1) is 23.7 Å². The molecule has 6 heteroatoms. The first-order chi connectivity index (χ1) is 10.5. The number of halogens is 1. The summed E-state index contributed by atoms with van der Waals surface area (Å²) >= 11 is 1.36. The Kier molecular flexibility index (Phi) is 4.62. The van der Waals surface area contributed by atoms with E-state index in [0.717, 1.165) is 17.8 Å². The molecule has 1 amide bonds. The maximum absolute atomic E-state index is 12.4. The van der Waals surface area contributed by atoms with Gasteiger partial charge in [-0.05, 0) is 68.6 Å². The van der Waals surface area contributed by atoms with Gasteiger partial charge in [0.1, 0.15) is 6.54 Å². The van der Waals surface area contributed by atoms with Gasteiger partial charge < -0.3 is 9.88 Å². The first-order valence-corrected chi connectivity index (χ1v) is 9.40. The van der Waals surface area contributed by atoms with Crippen molar-refractivity contribution in [2.24, 2.45) is 23.2 Å². The van der Waals surface area contributed by atoms with Crippen LogP contribution in [0.4, 0.5) is 0 Å². The van der Waals surface area contributed by atoms with Gasteiger partial charge in [-0.3, -0.25) is 10.2 Å². The second kappa shape index (κ2) is 6.25. The molecule has 4 saturated carbocycles. The summed E-state index contributed by atoms with van der Waals surface area (Å²) in [6, 6.07) is 0.266. The van der Waals surface area contributed by atoms with Crippen molar-refractivity contribution in [2.75, 3.05) is 0 Å². The fourth-order valence-corrected chi connectivity index (χ4v) is 6.33. The van der Waals surface area contributed by atoms with Crippen LogP contribution >= 0.6 is 23.7 Å². The lowest BCUT2D eigenvalue weighted by atomic mass is 9.48. The van der Waals surface area contributed by atoms with Crippen LogP contribution in [0.3, 0.4) is 0 Å². The number of rotatable bonds is 4. The van der Waals surface area contributed by atoms with E-state index >= 15 is 0 Å². The Morgan fingerprint density at radius 2 is 1.91 bits per heavy atom. The highest BCUT2D eigenvalue weighted by molar-refractivity contribution is 7.06. The fourth-order valence-electron chi connectivity index (χ4n) is 5.73. The molecule has 1 atom stereocenters. The molecule has 128 valence electrons. The summed E-state index contributed by atoms with van der Waals surface area (Å²) in [6.07, 6.45) is 10.1. The molecule has 0 spiro atoms. The van der Waals surface area contributed by atoms with E-state index in [1.54, 1.807) is 4.57 Å². The Bertz CT molecular complexity index is 602. The molecule has 4 fully saturated rings. The second-order valence-electron chi connectivity index (χ2n) is 7.91. The SMILES string of the molecule is CC(NC(=O)Cn1ccsc1=N)C12CC3CC(CC(C3)C1)C2.Cl. The molecule has 1 aromatic rings. The average Bonchev–Trinajstić information content (AvgIpc) is 2.82. The third-order valence-electron chi connectivity index (χ3n) is 6.38. The van der Waals surface area contributed by atoms with E-state index in [1.165, 1.54) is 49.9 Å². The zero-order valence-electron chi connectivity index (χ0n) is 13.6. The zero-order chi connectivity index (χ0) is 15.3. The Balaban J connectivity index is 0.00000156. The van der Waals surface area contributed by atoms with Crippen LogP contribution in [-0.4, -0.2) is 16.5 Å². The van der Waals surface area contributed by atoms with Crippen LogP contribution in [0.25, 0.3) is 0 Å². The highest BCUT2D eigenvalue weighted by atomic mass is 35.5. The van der Waals surface area contributed by atoms with Crippen LogP contribution in [0.15, 0.2) is 11.6 Å². The average molecular weight is 356 g/mol. The van der Waals surface area contributed by atoms with Crippen molar-refractivity contribution in [2.45, 2.75) is 58.0 Å². The molecule has 4 bridgehead atoms. The van der Waals surface area contributed by atoms with E-state index in [1.807, 2.05) is 11.6 Å². The van der Waals surface area contributed by atoms with Gasteiger partial charge in [0, 0.05) is 17.6 Å². The first kappa shape index (κ1) is 17.0. The lowest BCUT2D eigenvalue weighted by molar-refractivity contribution is -0.126. The summed E-state index contributed by atoms with van der Waals surface area (Å²) in [5.41, 5.74) is 0.355. The molecule has 4 nitrogen and oxygen atoms in total. The number of carbonyl (C=O) groups excluding carboxylic acids is 1. The molecule has 1 aromatic heterocycles. The number of nitrogens with one attached hydrogen (secondary N) is 2. The van der Waals surface area contributed by atoms with E-state index in [2.05, 4.69) is 12.2 Å². The van der Waals surface area contributed by atoms with Gasteiger partial charge in [0.2, 0.25) is 5.91 Å². The number of hydrogen-bond acceptors (Lipinski definition) is 3. The van der Waals surface area contributed by atoms with Crippen molar-refractivity contribution in [3.05, 3.63) is 16.4 Å². The van der Waals surface area contributed by atoms with E-state index in [9.17, 15) is 4.79 Å². The first-order valence-electron chi connectivity index (χ1n) is 8.52. The third kappa shape index (κ3) is 3.10. The van der Waals surface area contributed by atoms with Crippen molar-refractivity contribution in [1.82, 2.24) is 9.88 Å². The largest absolute Gasteiger partial charge is 0.352 e. The summed E-state index contributed by atoms with van der Waals surface area (Å²) in [5.74, 6) is 2.80. The minimum Gasteiger partial charge on any atom is -0.352 e. The van der Waals surface area contributed by atoms with Gasteiger partial charge in [-0.1, -0.05) is 0 Å². The second-order valence-corrected chi connectivity index (χ2v) is 8.80. The highest BCUT2D eigenvalue weighted by Crippen LogP contribution is 2.61. The quantitative estimate of drug-likeness (QED) is 0.856. The molecule has 1 heterocycles. The fraction of sp³-hybridized carbons (Fsp3) is 0.765. The van der Waals surface area contributed by atoms with Crippen LogP contribution in [0.5, 0.6) is 0 Å². The summed E-state index contributed by atoms with van der Waals surface area (Å²) in [5, 5.41) is 12.9. The topological polar surface area (TPSA) is 57.9 Å². The van der Waals surface area contributed by atoms with Crippen LogP contribution in [-0.2, 0) is 11.3 Å². The van der Waals surface area contributed by atoms with Crippen molar-refractivity contribution in [3.63, 3.8) is 0 Å². The van der Waals surface area contributed by atoms with E-state index in [0.29, 0.717) is 10.2 Å². The third-order valence-corrected chi connectivity index (χ3v) is 7.09. The maximum Gasteiger partial charge on any atom is 0.240 e. The molecular formula is C17H26ClN3OS. The number of carbonyl (C=O) groups is 1. The van der Waals surface area contributed by atoms with Crippen LogP contribution in [0, 0.1) is 28.6 Å². The number of hydrogen-bond donors (Lipinski definition) is 2. The predicted octanol–water partition coefficient (Wildman–Crippen LogP) is 3.17. The van der Waals surface area contributed by atoms with Gasteiger partial charge >= 0.3 is 0 Å². The lowest BCUT2D eigenvalue weighted by Crippen LogP contribution is -2.56. The predicted molar refractivity (Wildman–Crippen MR) is 93.6 cm³/mol. The van der Waals surface area contributed by atoms with Gasteiger partial charge in [-0.25, -0.2) is 0 Å². The number of aromatic nitrogens is 1. The molecular weight excluding hydrogens is 330 g/mol. The van der Waals surface area contributed by atoms with E-state index in [-0.39, 0.29) is 30.9 Å². The molecule has 0 radical (unpaired) electrons. The minimum absolute atomic E-state index is 0. The summed E-state index contributed by atoms with van der Waals surface area (Å²) in [6.45, 7) is 2.49. The lowest BCUT2D eigenvalue weighted by Gasteiger charge is -2.59. The van der Waals surface area contributed by atoms with Crippen LogP contribution in [0.2, 0.25) is 0 Å². The zero-order valence-corrected chi connectivity index (χ0v) is 15.2. The molecule has 5 rings (SSSR count). The molecule has 4 aliphatic carbocycles. The van der Waals surface area contributed by atoms with Gasteiger partial charge in [-0.2, -0.15) is 0 Å². The molecule has 0 aliphatic heterocycles. The smallest absolute Gasteiger partial charge is 0.240 e. The van der Waals surface area contributed by atoms with Crippen LogP contribution in [0.1, 0.15) is 45.4 Å². The molecule has 23 heavy (non-hydrogen) atoms. The number of amides is 1.